The average molecular weight is 213 g/mol. The van der Waals surface area contributed by atoms with Gasteiger partial charge in [-0.3, -0.25) is 9.59 Å². The number of carboxylic acids is 1. The van der Waals surface area contributed by atoms with Crippen LogP contribution in [0.2, 0.25) is 0 Å². The van der Waals surface area contributed by atoms with E-state index in [9.17, 15) is 9.59 Å². The number of carbonyl (C=O) groups excluding carboxylic acids is 1. The highest BCUT2D eigenvalue weighted by Gasteiger charge is 2.42. The second kappa shape index (κ2) is 4.64. The third kappa shape index (κ3) is 2.94. The van der Waals surface area contributed by atoms with Crippen LogP contribution < -0.4 is 0 Å². The van der Waals surface area contributed by atoms with E-state index in [0.29, 0.717) is 5.92 Å². The molecular weight excluding hydrogens is 194 g/mol. The van der Waals surface area contributed by atoms with Crippen LogP contribution in [0.25, 0.3) is 0 Å². The van der Waals surface area contributed by atoms with E-state index in [0.717, 1.165) is 12.8 Å². The summed E-state index contributed by atoms with van der Waals surface area (Å²) in [5, 5.41) is 8.75. The molecule has 0 spiro atoms. The monoisotopic (exact) mass is 213 g/mol. The fourth-order valence-electron chi connectivity index (χ4n) is 1.70. The Hall–Kier alpha value is -1.06. The Kier molecular flexibility index (Phi) is 3.72. The molecule has 0 saturated heterocycles. The Morgan fingerprint density at radius 1 is 1.53 bits per heavy atom. The van der Waals surface area contributed by atoms with E-state index < -0.39 is 5.97 Å². The number of rotatable bonds is 5. The molecule has 3 atom stereocenters. The van der Waals surface area contributed by atoms with E-state index in [-0.39, 0.29) is 24.4 Å². The number of hydrogen-bond acceptors (Lipinski definition) is 2. The summed E-state index contributed by atoms with van der Waals surface area (Å²) in [4.78, 5) is 24.1. The van der Waals surface area contributed by atoms with Crippen LogP contribution in [-0.4, -0.2) is 34.5 Å². The van der Waals surface area contributed by atoms with E-state index in [1.54, 1.807) is 0 Å². The molecule has 1 aliphatic carbocycles. The largest absolute Gasteiger partial charge is 0.480 e. The van der Waals surface area contributed by atoms with Gasteiger partial charge in [-0.05, 0) is 25.7 Å². The number of aliphatic carboxylic acids is 1. The summed E-state index contributed by atoms with van der Waals surface area (Å²) >= 11 is 0. The van der Waals surface area contributed by atoms with E-state index >= 15 is 0 Å². The van der Waals surface area contributed by atoms with Crippen LogP contribution in [0.1, 0.15) is 33.6 Å². The molecule has 1 saturated carbocycles. The lowest BCUT2D eigenvalue weighted by Crippen LogP contribution is -2.42. The van der Waals surface area contributed by atoms with Crippen molar-refractivity contribution in [2.45, 2.75) is 39.7 Å². The Morgan fingerprint density at radius 3 is 2.40 bits per heavy atom. The molecule has 4 heteroatoms. The van der Waals surface area contributed by atoms with Gasteiger partial charge in [-0.15, -0.1) is 0 Å². The van der Waals surface area contributed by atoms with Gasteiger partial charge in [-0.1, -0.05) is 13.8 Å². The quantitative estimate of drug-likeness (QED) is 0.750. The first kappa shape index (κ1) is 12.0. The summed E-state index contributed by atoms with van der Waals surface area (Å²) in [5.74, 6) is -0.424. The van der Waals surface area contributed by atoms with Crippen LogP contribution in [0.15, 0.2) is 0 Å². The lowest BCUT2D eigenvalue weighted by atomic mass is 10.2. The summed E-state index contributed by atoms with van der Waals surface area (Å²) in [6.07, 6.45) is 1.70. The lowest BCUT2D eigenvalue weighted by Gasteiger charge is -2.27. The molecule has 1 N–H and O–H groups in total. The first-order chi connectivity index (χ1) is 6.97. The first-order valence-corrected chi connectivity index (χ1v) is 5.49. The standard InChI is InChI=1S/C11H19NO3/c1-4-8(3)12(6-10(13)14)11(15)9-5-7(9)2/h7-9H,4-6H2,1-3H3,(H,13,14). The Morgan fingerprint density at radius 2 is 2.07 bits per heavy atom. The van der Waals surface area contributed by atoms with Gasteiger partial charge >= 0.3 is 5.97 Å². The van der Waals surface area contributed by atoms with Gasteiger partial charge in [0.15, 0.2) is 0 Å². The van der Waals surface area contributed by atoms with E-state index in [2.05, 4.69) is 0 Å². The van der Waals surface area contributed by atoms with Crippen LogP contribution in [0, 0.1) is 11.8 Å². The zero-order chi connectivity index (χ0) is 11.6. The minimum Gasteiger partial charge on any atom is -0.480 e. The van der Waals surface area contributed by atoms with Crippen LogP contribution >= 0.6 is 0 Å². The molecule has 3 unspecified atom stereocenters. The van der Waals surface area contributed by atoms with E-state index in [1.165, 1.54) is 4.90 Å². The fourth-order valence-corrected chi connectivity index (χ4v) is 1.70. The second-order valence-corrected chi connectivity index (χ2v) is 4.44. The predicted octanol–water partition coefficient (Wildman–Crippen LogP) is 1.35. The minimum absolute atomic E-state index is 0.0132. The molecule has 15 heavy (non-hydrogen) atoms. The smallest absolute Gasteiger partial charge is 0.323 e. The molecule has 0 aliphatic heterocycles. The van der Waals surface area contributed by atoms with Crippen LogP contribution in [0.3, 0.4) is 0 Å². The van der Waals surface area contributed by atoms with Crippen molar-refractivity contribution < 1.29 is 14.7 Å². The summed E-state index contributed by atoms with van der Waals surface area (Å²) in [5.41, 5.74) is 0. The predicted molar refractivity (Wildman–Crippen MR) is 56.4 cm³/mol. The van der Waals surface area contributed by atoms with E-state index in [4.69, 9.17) is 5.11 Å². The summed E-state index contributed by atoms with van der Waals surface area (Å²) < 4.78 is 0. The van der Waals surface area contributed by atoms with Crippen molar-refractivity contribution in [2.24, 2.45) is 11.8 Å². The molecule has 1 amide bonds. The van der Waals surface area contributed by atoms with Gasteiger partial charge in [0, 0.05) is 12.0 Å². The zero-order valence-electron chi connectivity index (χ0n) is 9.56. The van der Waals surface area contributed by atoms with Crippen molar-refractivity contribution in [1.29, 1.82) is 0 Å². The highest BCUT2D eigenvalue weighted by molar-refractivity contribution is 5.85. The lowest BCUT2D eigenvalue weighted by molar-refractivity contribution is -0.146. The molecule has 0 aromatic rings. The Balaban J connectivity index is 2.62. The SMILES string of the molecule is CCC(C)N(CC(=O)O)C(=O)C1CC1C. The summed E-state index contributed by atoms with van der Waals surface area (Å²) in [6, 6.07) is 0.0152. The summed E-state index contributed by atoms with van der Waals surface area (Å²) in [7, 11) is 0. The van der Waals surface area contributed by atoms with Crippen molar-refractivity contribution in [2.75, 3.05) is 6.54 Å². The van der Waals surface area contributed by atoms with Gasteiger partial charge < -0.3 is 10.0 Å². The number of amides is 1. The Labute approximate surface area is 90.3 Å². The summed E-state index contributed by atoms with van der Waals surface area (Å²) in [6.45, 7) is 5.71. The topological polar surface area (TPSA) is 57.6 Å². The molecule has 4 nitrogen and oxygen atoms in total. The number of nitrogens with zero attached hydrogens (tertiary/aromatic N) is 1. The van der Waals surface area contributed by atoms with Crippen LogP contribution in [0.4, 0.5) is 0 Å². The van der Waals surface area contributed by atoms with Crippen molar-refractivity contribution in [3.05, 3.63) is 0 Å². The van der Waals surface area contributed by atoms with Crippen molar-refractivity contribution in [3.63, 3.8) is 0 Å². The van der Waals surface area contributed by atoms with Crippen LogP contribution in [-0.2, 0) is 9.59 Å². The van der Waals surface area contributed by atoms with Gasteiger partial charge in [0.2, 0.25) is 5.91 Å². The third-order valence-electron chi connectivity index (χ3n) is 3.14. The number of carboxylic acid groups (broad SMARTS) is 1. The molecular formula is C11H19NO3. The highest BCUT2D eigenvalue weighted by atomic mass is 16.4. The third-order valence-corrected chi connectivity index (χ3v) is 3.14. The second-order valence-electron chi connectivity index (χ2n) is 4.44. The number of hydrogen-bond donors (Lipinski definition) is 1. The van der Waals surface area contributed by atoms with Gasteiger partial charge in [0.25, 0.3) is 0 Å². The molecule has 0 aromatic heterocycles. The maximum absolute atomic E-state index is 11.9. The molecule has 1 aliphatic rings. The van der Waals surface area contributed by atoms with Gasteiger partial charge in [0.05, 0.1) is 0 Å². The zero-order valence-corrected chi connectivity index (χ0v) is 9.56. The first-order valence-electron chi connectivity index (χ1n) is 5.49. The molecule has 0 aromatic carbocycles. The van der Waals surface area contributed by atoms with E-state index in [1.807, 2.05) is 20.8 Å². The maximum Gasteiger partial charge on any atom is 0.323 e. The van der Waals surface area contributed by atoms with Crippen LogP contribution in [0.5, 0.6) is 0 Å². The molecule has 0 bridgehead atoms. The molecule has 1 rings (SSSR count). The molecule has 86 valence electrons. The molecule has 0 heterocycles. The Bertz CT molecular complexity index is 265. The normalized spacial score (nSPS) is 25.8. The van der Waals surface area contributed by atoms with Gasteiger partial charge in [-0.25, -0.2) is 0 Å². The van der Waals surface area contributed by atoms with Gasteiger partial charge in [0.1, 0.15) is 6.54 Å². The van der Waals surface area contributed by atoms with Crippen molar-refractivity contribution >= 4 is 11.9 Å². The van der Waals surface area contributed by atoms with Crippen molar-refractivity contribution in [1.82, 2.24) is 4.90 Å². The van der Waals surface area contributed by atoms with Crippen molar-refractivity contribution in [3.8, 4) is 0 Å². The highest BCUT2D eigenvalue weighted by Crippen LogP contribution is 2.39. The average Bonchev–Trinajstić information content (AvgIpc) is 2.89. The molecule has 1 fully saturated rings. The fraction of sp³-hybridized carbons (Fsp3) is 0.818. The maximum atomic E-state index is 11.9. The number of carbonyl (C=O) groups is 2. The minimum atomic E-state index is -0.933. The molecule has 0 radical (unpaired) electrons. The van der Waals surface area contributed by atoms with Gasteiger partial charge in [-0.2, -0.15) is 0 Å².